The number of carbonyl (C=O) groups is 1. The SMILES string of the molecule is O=C(c1cccc2[nH]ccc12)N(CC1CCOC1)C1CC1. The summed E-state index contributed by atoms with van der Waals surface area (Å²) in [6, 6.07) is 8.34. The Labute approximate surface area is 124 Å². The molecule has 1 N–H and O–H groups in total. The fraction of sp³-hybridized carbons (Fsp3) is 0.471. The second kappa shape index (κ2) is 5.19. The number of H-pyrrole nitrogens is 1. The molecule has 21 heavy (non-hydrogen) atoms. The van der Waals surface area contributed by atoms with E-state index in [0.717, 1.165) is 55.5 Å². The van der Waals surface area contributed by atoms with Crippen LogP contribution in [0.15, 0.2) is 30.5 Å². The molecule has 2 aliphatic rings. The maximum Gasteiger partial charge on any atom is 0.254 e. The maximum atomic E-state index is 13.0. The van der Waals surface area contributed by atoms with Gasteiger partial charge in [-0.25, -0.2) is 0 Å². The first-order chi connectivity index (χ1) is 10.3. The van der Waals surface area contributed by atoms with E-state index in [-0.39, 0.29) is 5.91 Å². The summed E-state index contributed by atoms with van der Waals surface area (Å²) in [5.74, 6) is 0.676. The molecule has 4 rings (SSSR count). The number of nitrogens with zero attached hydrogens (tertiary/aromatic N) is 1. The van der Waals surface area contributed by atoms with E-state index in [2.05, 4.69) is 9.88 Å². The molecule has 2 fully saturated rings. The van der Waals surface area contributed by atoms with E-state index >= 15 is 0 Å². The molecule has 110 valence electrons. The Morgan fingerprint density at radius 1 is 1.29 bits per heavy atom. The minimum atomic E-state index is 0.176. The van der Waals surface area contributed by atoms with E-state index in [1.54, 1.807) is 0 Å². The smallest absolute Gasteiger partial charge is 0.254 e. The Balaban J connectivity index is 1.62. The van der Waals surface area contributed by atoms with Crippen LogP contribution in [0, 0.1) is 5.92 Å². The van der Waals surface area contributed by atoms with Crippen LogP contribution in [0.2, 0.25) is 0 Å². The molecule has 1 atom stereocenters. The number of hydrogen-bond donors (Lipinski definition) is 1. The molecule has 2 heterocycles. The average Bonchev–Trinajstić information content (AvgIpc) is 3.02. The third kappa shape index (κ3) is 2.44. The molecule has 0 spiro atoms. The Kier molecular flexibility index (Phi) is 3.19. The first-order valence-electron chi connectivity index (χ1n) is 7.78. The fourth-order valence-corrected chi connectivity index (χ4v) is 3.22. The van der Waals surface area contributed by atoms with E-state index in [0.29, 0.717) is 12.0 Å². The predicted octanol–water partition coefficient (Wildman–Crippen LogP) is 2.81. The summed E-state index contributed by atoms with van der Waals surface area (Å²) in [7, 11) is 0. The average molecular weight is 284 g/mol. The molecule has 4 heteroatoms. The second-order valence-corrected chi connectivity index (χ2v) is 6.16. The van der Waals surface area contributed by atoms with Gasteiger partial charge in [-0.05, 0) is 37.5 Å². The largest absolute Gasteiger partial charge is 0.381 e. The lowest BCUT2D eigenvalue weighted by Gasteiger charge is -2.25. The molecule has 0 bridgehead atoms. The molecule has 2 aromatic rings. The van der Waals surface area contributed by atoms with Gasteiger partial charge in [0.05, 0.1) is 6.61 Å². The Morgan fingerprint density at radius 3 is 2.95 bits per heavy atom. The zero-order chi connectivity index (χ0) is 14.2. The lowest BCUT2D eigenvalue weighted by atomic mass is 10.1. The lowest BCUT2D eigenvalue weighted by molar-refractivity contribution is 0.0708. The molecule has 0 radical (unpaired) electrons. The van der Waals surface area contributed by atoms with Crippen molar-refractivity contribution in [1.82, 2.24) is 9.88 Å². The van der Waals surface area contributed by atoms with E-state index in [1.165, 1.54) is 0 Å². The van der Waals surface area contributed by atoms with Gasteiger partial charge in [0, 0.05) is 47.8 Å². The highest BCUT2D eigenvalue weighted by atomic mass is 16.5. The Morgan fingerprint density at radius 2 is 2.19 bits per heavy atom. The van der Waals surface area contributed by atoms with Crippen molar-refractivity contribution < 1.29 is 9.53 Å². The van der Waals surface area contributed by atoms with Gasteiger partial charge in [0.25, 0.3) is 5.91 Å². The van der Waals surface area contributed by atoms with E-state index in [9.17, 15) is 4.79 Å². The Bertz CT molecular complexity index is 654. The molecule has 1 saturated carbocycles. The van der Waals surface area contributed by atoms with Gasteiger partial charge in [0.1, 0.15) is 0 Å². The number of aromatic amines is 1. The van der Waals surface area contributed by atoms with Crippen LogP contribution in [-0.2, 0) is 4.74 Å². The van der Waals surface area contributed by atoms with Gasteiger partial charge in [0.15, 0.2) is 0 Å². The van der Waals surface area contributed by atoms with Crippen molar-refractivity contribution in [2.45, 2.75) is 25.3 Å². The minimum absolute atomic E-state index is 0.176. The van der Waals surface area contributed by atoms with Crippen LogP contribution >= 0.6 is 0 Å². The summed E-state index contributed by atoms with van der Waals surface area (Å²) < 4.78 is 5.46. The molecule has 1 aromatic carbocycles. The van der Waals surface area contributed by atoms with Gasteiger partial charge in [-0.3, -0.25) is 4.79 Å². The lowest BCUT2D eigenvalue weighted by Crippen LogP contribution is -2.37. The topological polar surface area (TPSA) is 45.3 Å². The number of aromatic nitrogens is 1. The van der Waals surface area contributed by atoms with Crippen LogP contribution in [-0.4, -0.2) is 41.6 Å². The molecule has 1 aromatic heterocycles. The van der Waals surface area contributed by atoms with E-state index in [4.69, 9.17) is 4.74 Å². The molecule has 1 amide bonds. The highest BCUT2D eigenvalue weighted by Crippen LogP contribution is 2.31. The van der Waals surface area contributed by atoms with Crippen molar-refractivity contribution in [2.24, 2.45) is 5.92 Å². The van der Waals surface area contributed by atoms with Crippen LogP contribution in [0.3, 0.4) is 0 Å². The van der Waals surface area contributed by atoms with E-state index < -0.39 is 0 Å². The molecular formula is C17H20N2O2. The number of fused-ring (bicyclic) bond motifs is 1. The van der Waals surface area contributed by atoms with Crippen molar-refractivity contribution in [1.29, 1.82) is 0 Å². The number of amides is 1. The number of benzene rings is 1. The monoisotopic (exact) mass is 284 g/mol. The maximum absolute atomic E-state index is 13.0. The summed E-state index contributed by atoms with van der Waals surface area (Å²) in [5.41, 5.74) is 1.85. The highest BCUT2D eigenvalue weighted by Gasteiger charge is 2.35. The van der Waals surface area contributed by atoms with Gasteiger partial charge in [0.2, 0.25) is 0 Å². The van der Waals surface area contributed by atoms with Crippen molar-refractivity contribution in [2.75, 3.05) is 19.8 Å². The number of ether oxygens (including phenoxy) is 1. The highest BCUT2D eigenvalue weighted by molar-refractivity contribution is 6.06. The molecule has 1 aliphatic carbocycles. The third-order valence-corrected chi connectivity index (χ3v) is 4.55. The van der Waals surface area contributed by atoms with Crippen LogP contribution < -0.4 is 0 Å². The van der Waals surface area contributed by atoms with Gasteiger partial charge in [-0.2, -0.15) is 0 Å². The molecular weight excluding hydrogens is 264 g/mol. The molecule has 1 saturated heterocycles. The minimum Gasteiger partial charge on any atom is -0.381 e. The second-order valence-electron chi connectivity index (χ2n) is 6.16. The first-order valence-corrected chi connectivity index (χ1v) is 7.78. The van der Waals surface area contributed by atoms with Crippen LogP contribution in [0.4, 0.5) is 0 Å². The Hall–Kier alpha value is -1.81. The zero-order valence-electron chi connectivity index (χ0n) is 12.0. The summed E-state index contributed by atoms with van der Waals surface area (Å²) in [4.78, 5) is 18.3. The van der Waals surface area contributed by atoms with Crippen LogP contribution in [0.1, 0.15) is 29.6 Å². The van der Waals surface area contributed by atoms with Crippen molar-refractivity contribution >= 4 is 16.8 Å². The van der Waals surface area contributed by atoms with Gasteiger partial charge in [-0.15, -0.1) is 0 Å². The standard InChI is InChI=1S/C17H20N2O2/c20-17(15-2-1-3-16-14(15)6-8-18-16)19(13-4-5-13)10-12-7-9-21-11-12/h1-3,6,8,12-13,18H,4-5,7,9-11H2. The number of hydrogen-bond acceptors (Lipinski definition) is 2. The normalized spacial score (nSPS) is 21.8. The van der Waals surface area contributed by atoms with Gasteiger partial charge in [-0.1, -0.05) is 6.07 Å². The first kappa shape index (κ1) is 12.9. The summed E-state index contributed by atoms with van der Waals surface area (Å²) in [6.45, 7) is 2.47. The zero-order valence-corrected chi connectivity index (χ0v) is 12.0. The molecule has 1 unspecified atom stereocenters. The van der Waals surface area contributed by atoms with Crippen LogP contribution in [0.5, 0.6) is 0 Å². The molecule has 4 nitrogen and oxygen atoms in total. The third-order valence-electron chi connectivity index (χ3n) is 4.55. The van der Waals surface area contributed by atoms with Crippen molar-refractivity contribution in [3.63, 3.8) is 0 Å². The number of nitrogens with one attached hydrogen (secondary N) is 1. The number of rotatable bonds is 4. The molecule has 1 aliphatic heterocycles. The van der Waals surface area contributed by atoms with Gasteiger partial charge < -0.3 is 14.6 Å². The van der Waals surface area contributed by atoms with Crippen molar-refractivity contribution in [3.05, 3.63) is 36.0 Å². The van der Waals surface area contributed by atoms with E-state index in [1.807, 2.05) is 30.5 Å². The summed E-state index contributed by atoms with van der Waals surface area (Å²) in [5, 5.41) is 1.02. The fourth-order valence-electron chi connectivity index (χ4n) is 3.22. The predicted molar refractivity (Wildman–Crippen MR) is 81.3 cm³/mol. The van der Waals surface area contributed by atoms with Gasteiger partial charge >= 0.3 is 0 Å². The number of carbonyl (C=O) groups excluding carboxylic acids is 1. The quantitative estimate of drug-likeness (QED) is 0.938. The van der Waals surface area contributed by atoms with Crippen LogP contribution in [0.25, 0.3) is 10.9 Å². The van der Waals surface area contributed by atoms with Crippen molar-refractivity contribution in [3.8, 4) is 0 Å². The summed E-state index contributed by atoms with van der Waals surface area (Å²) in [6.07, 6.45) is 5.25. The summed E-state index contributed by atoms with van der Waals surface area (Å²) >= 11 is 0.